The van der Waals surface area contributed by atoms with Gasteiger partial charge in [0.15, 0.2) is 0 Å². The minimum atomic E-state index is -4.39. The summed E-state index contributed by atoms with van der Waals surface area (Å²) in [5, 5.41) is 9.87. The molecule has 0 atom stereocenters. The lowest BCUT2D eigenvalue weighted by Crippen LogP contribution is -2.48. The van der Waals surface area contributed by atoms with E-state index in [9.17, 15) is 18.0 Å². The molecule has 4 rings (SSSR count). The van der Waals surface area contributed by atoms with Gasteiger partial charge in [0.1, 0.15) is 18.5 Å². The van der Waals surface area contributed by atoms with Gasteiger partial charge in [0.25, 0.3) is 0 Å². The number of hydrogen-bond donors (Lipinski definition) is 2. The van der Waals surface area contributed by atoms with E-state index in [4.69, 9.17) is 0 Å². The zero-order valence-corrected chi connectivity index (χ0v) is 17.1. The number of rotatable bonds is 5. The van der Waals surface area contributed by atoms with Gasteiger partial charge in [0.2, 0.25) is 0 Å². The van der Waals surface area contributed by atoms with Crippen molar-refractivity contribution >= 4 is 11.8 Å². The van der Waals surface area contributed by atoms with Gasteiger partial charge in [-0.25, -0.2) is 19.4 Å². The third kappa shape index (κ3) is 5.34. The number of pyridine rings is 1. The number of urea groups is 1. The van der Waals surface area contributed by atoms with Crippen LogP contribution in [0, 0.1) is 0 Å². The van der Waals surface area contributed by atoms with Crippen LogP contribution in [0.15, 0.2) is 55.2 Å². The van der Waals surface area contributed by atoms with Crippen molar-refractivity contribution in [3.63, 3.8) is 0 Å². The van der Waals surface area contributed by atoms with Crippen molar-refractivity contribution in [3.05, 3.63) is 66.4 Å². The van der Waals surface area contributed by atoms with Crippen LogP contribution in [-0.4, -0.2) is 44.9 Å². The SMILES string of the molecule is O=C(NCc1ccc(-n2cncn2)cc1)NC1CCN(c2ccc(C(F)(F)F)cn2)CC1. The Morgan fingerprint density at radius 3 is 2.44 bits per heavy atom. The molecule has 0 radical (unpaired) electrons. The summed E-state index contributed by atoms with van der Waals surface area (Å²) in [6.07, 6.45) is 0.899. The van der Waals surface area contributed by atoms with Gasteiger partial charge in [-0.05, 0) is 42.7 Å². The Labute approximate surface area is 182 Å². The summed E-state index contributed by atoms with van der Waals surface area (Å²) in [6, 6.07) is 9.78. The zero-order valence-electron chi connectivity index (χ0n) is 17.1. The molecule has 0 unspecified atom stereocenters. The summed E-state index contributed by atoms with van der Waals surface area (Å²) in [5.41, 5.74) is 1.07. The Morgan fingerprint density at radius 1 is 1.09 bits per heavy atom. The summed E-state index contributed by atoms with van der Waals surface area (Å²) >= 11 is 0. The number of carbonyl (C=O) groups is 1. The molecular formula is C21H22F3N7O. The predicted molar refractivity (Wildman–Crippen MR) is 111 cm³/mol. The topological polar surface area (TPSA) is 88.0 Å². The number of amides is 2. The molecule has 1 aliphatic rings. The number of benzene rings is 1. The Hall–Kier alpha value is -3.63. The third-order valence-corrected chi connectivity index (χ3v) is 5.30. The van der Waals surface area contributed by atoms with Gasteiger partial charge in [0, 0.05) is 31.9 Å². The molecular weight excluding hydrogens is 423 g/mol. The number of nitrogens with one attached hydrogen (secondary N) is 2. The van der Waals surface area contributed by atoms with Crippen molar-refractivity contribution in [2.75, 3.05) is 18.0 Å². The van der Waals surface area contributed by atoms with E-state index in [2.05, 4.69) is 25.7 Å². The third-order valence-electron chi connectivity index (χ3n) is 5.30. The lowest BCUT2D eigenvalue weighted by molar-refractivity contribution is -0.137. The van der Waals surface area contributed by atoms with Crippen LogP contribution in [-0.2, 0) is 12.7 Å². The molecule has 11 heteroatoms. The van der Waals surface area contributed by atoms with E-state index >= 15 is 0 Å². The molecule has 1 fully saturated rings. The number of hydrogen-bond acceptors (Lipinski definition) is 5. The first-order valence-corrected chi connectivity index (χ1v) is 10.1. The monoisotopic (exact) mass is 445 g/mol. The highest BCUT2D eigenvalue weighted by molar-refractivity contribution is 5.74. The average Bonchev–Trinajstić information content (AvgIpc) is 3.33. The summed E-state index contributed by atoms with van der Waals surface area (Å²) < 4.78 is 39.7. The molecule has 0 aliphatic carbocycles. The maximum Gasteiger partial charge on any atom is 0.417 e. The van der Waals surface area contributed by atoms with Crippen LogP contribution in [0.4, 0.5) is 23.8 Å². The highest BCUT2D eigenvalue weighted by Crippen LogP contribution is 2.29. The Kier molecular flexibility index (Phi) is 6.24. The second-order valence-corrected chi connectivity index (χ2v) is 7.50. The van der Waals surface area contributed by atoms with Gasteiger partial charge in [-0.1, -0.05) is 12.1 Å². The van der Waals surface area contributed by atoms with Gasteiger partial charge in [-0.3, -0.25) is 0 Å². The van der Waals surface area contributed by atoms with Crippen LogP contribution in [0.5, 0.6) is 0 Å². The number of piperidine rings is 1. The van der Waals surface area contributed by atoms with Crippen molar-refractivity contribution in [1.29, 1.82) is 0 Å². The second-order valence-electron chi connectivity index (χ2n) is 7.50. The fourth-order valence-corrected chi connectivity index (χ4v) is 3.52. The smallest absolute Gasteiger partial charge is 0.356 e. The van der Waals surface area contributed by atoms with Crippen LogP contribution in [0.3, 0.4) is 0 Å². The number of anilines is 1. The van der Waals surface area contributed by atoms with E-state index < -0.39 is 11.7 Å². The first kappa shape index (κ1) is 21.6. The molecule has 0 bridgehead atoms. The Morgan fingerprint density at radius 2 is 1.84 bits per heavy atom. The van der Waals surface area contributed by atoms with E-state index in [0.29, 0.717) is 38.3 Å². The maximum absolute atomic E-state index is 12.7. The first-order chi connectivity index (χ1) is 15.4. The molecule has 3 aromatic rings. The largest absolute Gasteiger partial charge is 0.417 e. The molecule has 0 spiro atoms. The lowest BCUT2D eigenvalue weighted by Gasteiger charge is -2.33. The van der Waals surface area contributed by atoms with Crippen molar-refractivity contribution in [2.45, 2.75) is 31.6 Å². The van der Waals surface area contributed by atoms with E-state index in [1.165, 1.54) is 12.4 Å². The molecule has 2 amide bonds. The Bertz CT molecular complexity index is 1010. The van der Waals surface area contributed by atoms with E-state index in [1.807, 2.05) is 29.2 Å². The summed E-state index contributed by atoms with van der Waals surface area (Å²) in [6.45, 7) is 1.60. The number of alkyl halides is 3. The van der Waals surface area contributed by atoms with Crippen LogP contribution in [0.1, 0.15) is 24.0 Å². The van der Waals surface area contributed by atoms with Crippen molar-refractivity contribution in [2.24, 2.45) is 0 Å². The second kappa shape index (κ2) is 9.25. The fraction of sp³-hybridized carbons (Fsp3) is 0.333. The van der Waals surface area contributed by atoms with Gasteiger partial charge in [0.05, 0.1) is 11.3 Å². The van der Waals surface area contributed by atoms with Gasteiger partial charge >= 0.3 is 12.2 Å². The lowest BCUT2D eigenvalue weighted by atomic mass is 10.1. The van der Waals surface area contributed by atoms with Gasteiger partial charge < -0.3 is 15.5 Å². The van der Waals surface area contributed by atoms with Crippen LogP contribution < -0.4 is 15.5 Å². The van der Waals surface area contributed by atoms with E-state index in [0.717, 1.165) is 23.5 Å². The minimum absolute atomic E-state index is 0.00427. The molecule has 168 valence electrons. The van der Waals surface area contributed by atoms with Crippen LogP contribution in [0.2, 0.25) is 0 Å². The average molecular weight is 445 g/mol. The molecule has 3 heterocycles. The highest BCUT2D eigenvalue weighted by Gasteiger charge is 2.31. The standard InChI is InChI=1S/C21H22F3N7O/c22-21(23,24)16-3-6-19(26-12-16)30-9-7-17(8-10-30)29-20(32)27-11-15-1-4-18(5-2-15)31-14-25-13-28-31/h1-6,12-14,17H,7-11H2,(H2,27,29,32). The predicted octanol–water partition coefficient (Wildman–Crippen LogP) is 3.15. The number of carbonyl (C=O) groups excluding carboxylic acids is 1. The molecule has 1 saturated heterocycles. The highest BCUT2D eigenvalue weighted by atomic mass is 19.4. The molecule has 32 heavy (non-hydrogen) atoms. The van der Waals surface area contributed by atoms with Crippen molar-refractivity contribution in [3.8, 4) is 5.69 Å². The first-order valence-electron chi connectivity index (χ1n) is 10.1. The quantitative estimate of drug-likeness (QED) is 0.630. The van der Waals surface area contributed by atoms with Crippen molar-refractivity contribution in [1.82, 2.24) is 30.4 Å². The van der Waals surface area contributed by atoms with E-state index in [1.54, 1.807) is 11.0 Å². The maximum atomic E-state index is 12.7. The normalized spacial score (nSPS) is 14.9. The number of nitrogens with zero attached hydrogens (tertiary/aromatic N) is 5. The summed E-state index contributed by atoms with van der Waals surface area (Å²) in [5.74, 6) is 0.509. The molecule has 1 aromatic carbocycles. The van der Waals surface area contributed by atoms with Crippen LogP contribution in [0.25, 0.3) is 5.69 Å². The molecule has 2 aromatic heterocycles. The van der Waals surface area contributed by atoms with E-state index in [-0.39, 0.29) is 12.1 Å². The number of aromatic nitrogens is 4. The molecule has 8 nitrogen and oxygen atoms in total. The Balaban J connectivity index is 1.21. The zero-order chi connectivity index (χ0) is 22.6. The van der Waals surface area contributed by atoms with Crippen LogP contribution >= 0.6 is 0 Å². The summed E-state index contributed by atoms with van der Waals surface area (Å²) in [4.78, 5) is 22.0. The molecule has 0 saturated carbocycles. The van der Waals surface area contributed by atoms with Crippen molar-refractivity contribution < 1.29 is 18.0 Å². The fourth-order valence-electron chi connectivity index (χ4n) is 3.52. The molecule has 1 aliphatic heterocycles. The van der Waals surface area contributed by atoms with Gasteiger partial charge in [-0.2, -0.15) is 18.3 Å². The minimum Gasteiger partial charge on any atom is -0.356 e. The number of halogens is 3. The summed E-state index contributed by atoms with van der Waals surface area (Å²) in [7, 11) is 0. The van der Waals surface area contributed by atoms with Gasteiger partial charge in [-0.15, -0.1) is 0 Å². The molecule has 2 N–H and O–H groups in total.